The van der Waals surface area contributed by atoms with Crippen molar-refractivity contribution < 1.29 is 9.59 Å². The molecule has 0 unspecified atom stereocenters. The predicted molar refractivity (Wildman–Crippen MR) is 110 cm³/mol. The maximum atomic E-state index is 13.2. The van der Waals surface area contributed by atoms with Gasteiger partial charge >= 0.3 is 0 Å². The average molecular weight is 391 g/mol. The smallest absolute Gasteiger partial charge is 0.259 e. The zero-order valence-electron chi connectivity index (χ0n) is 15.1. The molecule has 1 aliphatic heterocycles. The molecular weight excluding hydrogens is 372 g/mol. The van der Waals surface area contributed by atoms with Crippen LogP contribution in [0.25, 0.3) is 0 Å². The maximum absolute atomic E-state index is 13.2. The Hall–Kier alpha value is -3.11. The predicted octanol–water partition coefficient (Wildman–Crippen LogP) is 4.23. The van der Waals surface area contributed by atoms with Gasteiger partial charge in [0.15, 0.2) is 0 Å². The van der Waals surface area contributed by atoms with Crippen molar-refractivity contribution >= 4 is 29.1 Å². The number of hydrogen-bond acceptors (Lipinski definition) is 2. The average Bonchev–Trinajstić information content (AvgIpc) is 3.13. The van der Waals surface area contributed by atoms with E-state index in [1.807, 2.05) is 60.7 Å². The fraction of sp³-hybridized carbons (Fsp3) is 0.130. The SMILES string of the molecule is O=C(NCc1ccccc1Cl)[C@@H]1Cc2ccccc2N1C(=O)c1ccccc1. The summed E-state index contributed by atoms with van der Waals surface area (Å²) in [6.45, 7) is 0.318. The van der Waals surface area contributed by atoms with Crippen LogP contribution in [0.3, 0.4) is 0 Å². The van der Waals surface area contributed by atoms with Gasteiger partial charge in [0.2, 0.25) is 5.91 Å². The summed E-state index contributed by atoms with van der Waals surface area (Å²) in [4.78, 5) is 27.8. The minimum Gasteiger partial charge on any atom is -0.350 e. The van der Waals surface area contributed by atoms with Crippen LogP contribution in [-0.4, -0.2) is 17.9 Å². The van der Waals surface area contributed by atoms with Crippen LogP contribution >= 0.6 is 11.6 Å². The first-order valence-corrected chi connectivity index (χ1v) is 9.50. The highest BCUT2D eigenvalue weighted by atomic mass is 35.5. The van der Waals surface area contributed by atoms with Gasteiger partial charge in [-0.1, -0.05) is 66.2 Å². The van der Waals surface area contributed by atoms with E-state index in [0.717, 1.165) is 16.8 Å². The minimum atomic E-state index is -0.590. The third-order valence-corrected chi connectivity index (χ3v) is 5.30. The number of hydrogen-bond donors (Lipinski definition) is 1. The highest BCUT2D eigenvalue weighted by Gasteiger charge is 2.38. The number of rotatable bonds is 4. The van der Waals surface area contributed by atoms with Crippen LogP contribution in [0, 0.1) is 0 Å². The van der Waals surface area contributed by atoms with Gasteiger partial charge in [0.1, 0.15) is 6.04 Å². The Balaban J connectivity index is 1.59. The molecule has 0 saturated carbocycles. The van der Waals surface area contributed by atoms with Crippen molar-refractivity contribution in [3.63, 3.8) is 0 Å². The first-order valence-electron chi connectivity index (χ1n) is 9.13. The van der Waals surface area contributed by atoms with E-state index in [-0.39, 0.29) is 11.8 Å². The maximum Gasteiger partial charge on any atom is 0.259 e. The highest BCUT2D eigenvalue weighted by molar-refractivity contribution is 6.31. The second kappa shape index (κ2) is 7.87. The normalized spacial score (nSPS) is 15.2. The Kier molecular flexibility index (Phi) is 5.13. The molecule has 0 aliphatic carbocycles. The molecule has 1 N–H and O–H groups in total. The molecule has 0 spiro atoms. The fourth-order valence-electron chi connectivity index (χ4n) is 3.51. The summed E-state index contributed by atoms with van der Waals surface area (Å²) in [6.07, 6.45) is 0.489. The van der Waals surface area contributed by atoms with Crippen molar-refractivity contribution in [3.05, 3.63) is 101 Å². The van der Waals surface area contributed by atoms with E-state index in [2.05, 4.69) is 5.32 Å². The molecule has 3 aromatic carbocycles. The van der Waals surface area contributed by atoms with Crippen molar-refractivity contribution in [2.75, 3.05) is 4.90 Å². The van der Waals surface area contributed by atoms with E-state index in [1.165, 1.54) is 0 Å². The second-order valence-corrected chi connectivity index (χ2v) is 7.11. The standard InChI is InChI=1S/C23H19ClN2O2/c24-19-12-6-4-11-18(19)15-25-22(27)21-14-17-10-5-7-13-20(17)26(21)23(28)16-8-2-1-3-9-16/h1-13,21H,14-15H2,(H,25,27)/t21-/m0/s1. The number of anilines is 1. The lowest BCUT2D eigenvalue weighted by molar-refractivity contribution is -0.122. The molecule has 1 heterocycles. The zero-order valence-corrected chi connectivity index (χ0v) is 15.9. The van der Waals surface area contributed by atoms with Gasteiger partial charge in [-0.05, 0) is 35.4 Å². The number of carbonyl (C=O) groups is 2. The van der Waals surface area contributed by atoms with Gasteiger partial charge in [-0.3, -0.25) is 14.5 Å². The summed E-state index contributed by atoms with van der Waals surface area (Å²) in [5.41, 5.74) is 3.18. The topological polar surface area (TPSA) is 49.4 Å². The van der Waals surface area contributed by atoms with Crippen LogP contribution < -0.4 is 10.2 Å². The summed E-state index contributed by atoms with van der Waals surface area (Å²) >= 11 is 6.18. The van der Waals surface area contributed by atoms with Crippen molar-refractivity contribution in [2.24, 2.45) is 0 Å². The third kappa shape index (κ3) is 3.51. The molecule has 0 aromatic heterocycles. The number of nitrogens with zero attached hydrogens (tertiary/aromatic N) is 1. The Bertz CT molecular complexity index is 1020. The van der Waals surface area contributed by atoms with Gasteiger partial charge in [-0.15, -0.1) is 0 Å². The van der Waals surface area contributed by atoms with Gasteiger partial charge in [-0.2, -0.15) is 0 Å². The van der Waals surface area contributed by atoms with Gasteiger partial charge < -0.3 is 5.32 Å². The van der Waals surface area contributed by atoms with E-state index in [9.17, 15) is 9.59 Å². The fourth-order valence-corrected chi connectivity index (χ4v) is 3.71. The quantitative estimate of drug-likeness (QED) is 0.724. The van der Waals surface area contributed by atoms with Gasteiger partial charge in [-0.25, -0.2) is 0 Å². The van der Waals surface area contributed by atoms with Crippen LogP contribution in [0.4, 0.5) is 5.69 Å². The second-order valence-electron chi connectivity index (χ2n) is 6.70. The Labute approximate surface area is 168 Å². The van der Waals surface area contributed by atoms with Crippen LogP contribution in [0.15, 0.2) is 78.9 Å². The summed E-state index contributed by atoms with van der Waals surface area (Å²) in [7, 11) is 0. The van der Waals surface area contributed by atoms with Gasteiger partial charge in [0.25, 0.3) is 5.91 Å². The highest BCUT2D eigenvalue weighted by Crippen LogP contribution is 2.33. The summed E-state index contributed by atoms with van der Waals surface area (Å²) in [5.74, 6) is -0.371. The monoisotopic (exact) mass is 390 g/mol. The first-order chi connectivity index (χ1) is 13.6. The van der Waals surface area contributed by atoms with Crippen LogP contribution in [0.1, 0.15) is 21.5 Å². The number of amides is 2. The summed E-state index contributed by atoms with van der Waals surface area (Å²) in [6, 6.07) is 23.5. The van der Waals surface area contributed by atoms with E-state index < -0.39 is 6.04 Å². The molecule has 0 saturated heterocycles. The number of halogens is 1. The minimum absolute atomic E-state index is 0.177. The largest absolute Gasteiger partial charge is 0.350 e. The lowest BCUT2D eigenvalue weighted by Gasteiger charge is -2.25. The molecule has 2 amide bonds. The molecule has 140 valence electrons. The Morgan fingerprint density at radius 2 is 1.61 bits per heavy atom. The van der Waals surface area contributed by atoms with E-state index >= 15 is 0 Å². The number of nitrogens with one attached hydrogen (secondary N) is 1. The number of carbonyl (C=O) groups excluding carboxylic acids is 2. The third-order valence-electron chi connectivity index (χ3n) is 4.93. The number of fused-ring (bicyclic) bond motifs is 1. The van der Waals surface area contributed by atoms with Crippen molar-refractivity contribution in [1.29, 1.82) is 0 Å². The zero-order chi connectivity index (χ0) is 19.5. The lowest BCUT2D eigenvalue weighted by Crippen LogP contribution is -2.48. The molecule has 1 atom stereocenters. The molecule has 4 nitrogen and oxygen atoms in total. The Morgan fingerprint density at radius 3 is 2.39 bits per heavy atom. The Morgan fingerprint density at radius 1 is 0.929 bits per heavy atom. The number of benzene rings is 3. The molecule has 28 heavy (non-hydrogen) atoms. The van der Waals surface area contributed by atoms with E-state index in [0.29, 0.717) is 23.6 Å². The van der Waals surface area contributed by atoms with E-state index in [1.54, 1.807) is 23.1 Å². The van der Waals surface area contributed by atoms with E-state index in [4.69, 9.17) is 11.6 Å². The number of para-hydroxylation sites is 1. The molecule has 5 heteroatoms. The van der Waals surface area contributed by atoms with Crippen molar-refractivity contribution in [1.82, 2.24) is 5.32 Å². The molecule has 0 radical (unpaired) electrons. The molecule has 0 fully saturated rings. The van der Waals surface area contributed by atoms with Crippen LogP contribution in [0.2, 0.25) is 5.02 Å². The molecule has 0 bridgehead atoms. The van der Waals surface area contributed by atoms with Gasteiger partial charge in [0, 0.05) is 29.2 Å². The van der Waals surface area contributed by atoms with Crippen molar-refractivity contribution in [3.8, 4) is 0 Å². The summed E-state index contributed by atoms with van der Waals surface area (Å²) in [5, 5.41) is 3.54. The van der Waals surface area contributed by atoms with Crippen LogP contribution in [0.5, 0.6) is 0 Å². The molecule has 4 rings (SSSR count). The van der Waals surface area contributed by atoms with Crippen LogP contribution in [-0.2, 0) is 17.8 Å². The molecule has 1 aliphatic rings. The van der Waals surface area contributed by atoms with Crippen molar-refractivity contribution in [2.45, 2.75) is 19.0 Å². The summed E-state index contributed by atoms with van der Waals surface area (Å²) < 4.78 is 0. The lowest BCUT2D eigenvalue weighted by atomic mass is 10.1. The molecule has 3 aromatic rings. The first kappa shape index (κ1) is 18.3. The molecular formula is C23H19ClN2O2. The van der Waals surface area contributed by atoms with Gasteiger partial charge in [0.05, 0.1) is 0 Å².